The summed E-state index contributed by atoms with van der Waals surface area (Å²) in [7, 11) is 1.65. The van der Waals surface area contributed by atoms with Crippen LogP contribution in [0.5, 0.6) is 11.5 Å². The van der Waals surface area contributed by atoms with Gasteiger partial charge in [-0.05, 0) is 47.5 Å². The number of benzene rings is 4. The average molecular weight is 454 g/mol. The lowest BCUT2D eigenvalue weighted by Crippen LogP contribution is -2.08. The van der Waals surface area contributed by atoms with Crippen molar-refractivity contribution in [3.8, 4) is 11.5 Å². The lowest BCUT2D eigenvalue weighted by Gasteiger charge is -2.14. The van der Waals surface area contributed by atoms with Gasteiger partial charge in [0.1, 0.15) is 18.1 Å². The number of hydrogen-bond acceptors (Lipinski definition) is 5. The molecule has 1 N–H and O–H groups in total. The van der Waals surface area contributed by atoms with Crippen LogP contribution in [0.25, 0.3) is 20.2 Å². The predicted octanol–water partition coefficient (Wildman–Crippen LogP) is 6.61. The second-order valence-electron chi connectivity index (χ2n) is 7.72. The molecule has 5 aromatic rings. The molecule has 164 valence electrons. The highest BCUT2D eigenvalue weighted by molar-refractivity contribution is 7.25. The summed E-state index contributed by atoms with van der Waals surface area (Å²) in [6.07, 6.45) is 0. The number of methoxy groups -OCH3 is 1. The van der Waals surface area contributed by atoms with Gasteiger partial charge in [0.25, 0.3) is 0 Å². The zero-order valence-corrected chi connectivity index (χ0v) is 19.0. The minimum atomic E-state index is 0.0155. The number of anilines is 1. The third-order valence-electron chi connectivity index (χ3n) is 5.57. The Kier molecular flexibility index (Phi) is 5.96. The van der Waals surface area contributed by atoms with Gasteiger partial charge in [0.2, 0.25) is 0 Å². The minimum Gasteiger partial charge on any atom is -0.497 e. The molecule has 0 radical (unpaired) electrons. The van der Waals surface area contributed by atoms with E-state index in [0.717, 1.165) is 43.1 Å². The van der Waals surface area contributed by atoms with Crippen molar-refractivity contribution in [2.75, 3.05) is 12.4 Å². The van der Waals surface area contributed by atoms with Crippen LogP contribution < -0.4 is 20.2 Å². The number of hydrogen-bond donors (Lipinski definition) is 1. The zero-order chi connectivity index (χ0) is 22.6. The van der Waals surface area contributed by atoms with Gasteiger partial charge in [0.05, 0.1) is 17.2 Å². The SMILES string of the molecule is COc1ccc(CNc2ccc(OCc3ccccc3)c3sc4ccccc4c(=O)c23)cc1. The molecule has 0 aliphatic heterocycles. The summed E-state index contributed by atoms with van der Waals surface area (Å²) in [5, 5.41) is 4.85. The second kappa shape index (κ2) is 9.35. The van der Waals surface area contributed by atoms with Crippen LogP contribution in [-0.4, -0.2) is 7.11 Å². The highest BCUT2D eigenvalue weighted by Gasteiger charge is 2.15. The smallest absolute Gasteiger partial charge is 0.198 e. The molecule has 4 aromatic carbocycles. The number of nitrogens with one attached hydrogen (secondary N) is 1. The van der Waals surface area contributed by atoms with E-state index < -0.39 is 0 Å². The Balaban J connectivity index is 1.54. The molecule has 0 amide bonds. The molecule has 1 heterocycles. The van der Waals surface area contributed by atoms with E-state index in [1.54, 1.807) is 18.4 Å². The van der Waals surface area contributed by atoms with E-state index in [1.807, 2.05) is 91.0 Å². The number of ether oxygens (including phenoxy) is 2. The van der Waals surface area contributed by atoms with Crippen molar-refractivity contribution in [2.45, 2.75) is 13.2 Å². The first-order valence-corrected chi connectivity index (χ1v) is 11.6. The Morgan fingerprint density at radius 1 is 0.818 bits per heavy atom. The molecular formula is C28H23NO3S. The van der Waals surface area contributed by atoms with E-state index in [2.05, 4.69) is 5.32 Å². The fourth-order valence-electron chi connectivity index (χ4n) is 3.82. The van der Waals surface area contributed by atoms with Crippen molar-refractivity contribution in [3.05, 3.63) is 112 Å². The van der Waals surface area contributed by atoms with E-state index in [-0.39, 0.29) is 5.43 Å². The maximum Gasteiger partial charge on any atom is 0.198 e. The topological polar surface area (TPSA) is 47.6 Å². The summed E-state index contributed by atoms with van der Waals surface area (Å²) < 4.78 is 13.2. The molecular weight excluding hydrogens is 430 g/mol. The Bertz CT molecular complexity index is 1460. The fourth-order valence-corrected chi connectivity index (χ4v) is 4.98. The zero-order valence-electron chi connectivity index (χ0n) is 18.2. The van der Waals surface area contributed by atoms with Gasteiger partial charge in [0.15, 0.2) is 5.43 Å². The summed E-state index contributed by atoms with van der Waals surface area (Å²) in [5.41, 5.74) is 3.01. The van der Waals surface area contributed by atoms with Gasteiger partial charge in [-0.1, -0.05) is 54.6 Å². The summed E-state index contributed by atoms with van der Waals surface area (Å²) in [6, 6.07) is 29.6. The molecule has 33 heavy (non-hydrogen) atoms. The Morgan fingerprint density at radius 3 is 2.36 bits per heavy atom. The van der Waals surface area contributed by atoms with Gasteiger partial charge in [-0.15, -0.1) is 11.3 Å². The third kappa shape index (κ3) is 4.41. The van der Waals surface area contributed by atoms with Crippen LogP contribution in [-0.2, 0) is 13.2 Å². The lowest BCUT2D eigenvalue weighted by atomic mass is 10.1. The largest absolute Gasteiger partial charge is 0.497 e. The van der Waals surface area contributed by atoms with Crippen LogP contribution >= 0.6 is 11.3 Å². The minimum absolute atomic E-state index is 0.0155. The first-order valence-electron chi connectivity index (χ1n) is 10.7. The Morgan fingerprint density at radius 2 is 1.58 bits per heavy atom. The Hall–Kier alpha value is -3.83. The summed E-state index contributed by atoms with van der Waals surface area (Å²) in [6.45, 7) is 1.04. The van der Waals surface area contributed by atoms with Crippen molar-refractivity contribution >= 4 is 37.2 Å². The number of rotatable bonds is 7. The summed E-state index contributed by atoms with van der Waals surface area (Å²) in [4.78, 5) is 13.5. The fraction of sp³-hybridized carbons (Fsp3) is 0.107. The average Bonchev–Trinajstić information content (AvgIpc) is 2.87. The van der Waals surface area contributed by atoms with Crippen molar-refractivity contribution < 1.29 is 9.47 Å². The first-order chi connectivity index (χ1) is 16.2. The maximum atomic E-state index is 13.5. The van der Waals surface area contributed by atoms with Crippen LogP contribution in [0, 0.1) is 0 Å². The van der Waals surface area contributed by atoms with Crippen molar-refractivity contribution in [2.24, 2.45) is 0 Å². The summed E-state index contributed by atoms with van der Waals surface area (Å²) in [5.74, 6) is 1.54. The molecule has 5 rings (SSSR count). The molecule has 0 saturated carbocycles. The molecule has 0 fully saturated rings. The molecule has 4 nitrogen and oxygen atoms in total. The molecule has 0 bridgehead atoms. The maximum absolute atomic E-state index is 13.5. The van der Waals surface area contributed by atoms with Crippen LogP contribution in [0.3, 0.4) is 0 Å². The highest BCUT2D eigenvalue weighted by atomic mass is 32.1. The van der Waals surface area contributed by atoms with E-state index in [4.69, 9.17) is 9.47 Å². The van der Waals surface area contributed by atoms with E-state index in [9.17, 15) is 4.79 Å². The summed E-state index contributed by atoms with van der Waals surface area (Å²) >= 11 is 1.59. The van der Waals surface area contributed by atoms with Crippen LogP contribution in [0.15, 0.2) is 95.8 Å². The second-order valence-corrected chi connectivity index (χ2v) is 8.77. The number of fused-ring (bicyclic) bond motifs is 2. The van der Waals surface area contributed by atoms with Gasteiger partial charge >= 0.3 is 0 Å². The molecule has 0 aliphatic rings. The van der Waals surface area contributed by atoms with Gasteiger partial charge in [-0.2, -0.15) is 0 Å². The van der Waals surface area contributed by atoms with E-state index >= 15 is 0 Å². The van der Waals surface area contributed by atoms with Gasteiger partial charge in [0, 0.05) is 22.3 Å². The van der Waals surface area contributed by atoms with E-state index in [1.165, 1.54) is 0 Å². The third-order valence-corrected chi connectivity index (χ3v) is 6.76. The predicted molar refractivity (Wildman–Crippen MR) is 137 cm³/mol. The van der Waals surface area contributed by atoms with Gasteiger partial charge in [-0.3, -0.25) is 4.79 Å². The highest BCUT2D eigenvalue weighted by Crippen LogP contribution is 2.36. The molecule has 0 saturated heterocycles. The normalized spacial score (nSPS) is 10.9. The lowest BCUT2D eigenvalue weighted by molar-refractivity contribution is 0.310. The van der Waals surface area contributed by atoms with Gasteiger partial charge in [-0.25, -0.2) is 0 Å². The first kappa shape index (κ1) is 21.0. The van der Waals surface area contributed by atoms with Gasteiger partial charge < -0.3 is 14.8 Å². The van der Waals surface area contributed by atoms with Crippen LogP contribution in [0.4, 0.5) is 5.69 Å². The van der Waals surface area contributed by atoms with Crippen LogP contribution in [0.1, 0.15) is 11.1 Å². The molecule has 0 aliphatic carbocycles. The van der Waals surface area contributed by atoms with Crippen LogP contribution in [0.2, 0.25) is 0 Å². The van der Waals surface area contributed by atoms with Crippen molar-refractivity contribution in [3.63, 3.8) is 0 Å². The molecule has 1 aromatic heterocycles. The quantitative estimate of drug-likeness (QED) is 0.282. The van der Waals surface area contributed by atoms with Crippen molar-refractivity contribution in [1.29, 1.82) is 0 Å². The monoisotopic (exact) mass is 453 g/mol. The molecule has 5 heteroatoms. The Labute approximate surface area is 196 Å². The van der Waals surface area contributed by atoms with Crippen molar-refractivity contribution in [1.82, 2.24) is 0 Å². The standard InChI is InChI=1S/C28H23NO3S/c1-31-21-13-11-19(12-14-21)17-29-23-15-16-24(32-18-20-7-3-2-4-8-20)28-26(23)27(30)22-9-5-6-10-25(22)33-28/h2-16,29H,17-18H2,1H3. The molecule has 0 spiro atoms. The molecule has 0 unspecified atom stereocenters. The van der Waals surface area contributed by atoms with E-state index in [0.29, 0.717) is 18.5 Å². The molecule has 0 atom stereocenters.